The smallest absolute Gasteiger partial charge is 0.341 e. The highest BCUT2D eigenvalue weighted by molar-refractivity contribution is 7.89. The van der Waals surface area contributed by atoms with Gasteiger partial charge >= 0.3 is 5.97 Å². The number of rotatable bonds is 6. The van der Waals surface area contributed by atoms with Crippen molar-refractivity contribution in [2.75, 3.05) is 6.61 Å². The number of hydrogen-bond donors (Lipinski definition) is 1. The first kappa shape index (κ1) is 17.9. The summed E-state index contributed by atoms with van der Waals surface area (Å²) in [6.45, 7) is 4.18. The fourth-order valence-corrected chi connectivity index (χ4v) is 2.72. The van der Waals surface area contributed by atoms with Crippen LogP contribution in [0.5, 0.6) is 0 Å². The number of ether oxygens (including phenoxy) is 1. The second-order valence-corrected chi connectivity index (χ2v) is 6.92. The average molecular weight is 338 g/mol. The maximum Gasteiger partial charge on any atom is 0.341 e. The van der Waals surface area contributed by atoms with Crippen LogP contribution in [0.1, 0.15) is 37.0 Å². The second-order valence-electron chi connectivity index (χ2n) is 4.98. The summed E-state index contributed by atoms with van der Waals surface area (Å²) in [5, 5.41) is 4.56. The number of esters is 1. The SMILES string of the molecule is CC(C)CCCOC(=O)c1cc(S(N)(=O)=O)c(Cl)cc1F. The summed E-state index contributed by atoms with van der Waals surface area (Å²) < 4.78 is 41.2. The fraction of sp³-hybridized carbons (Fsp3) is 0.462. The third-order valence-corrected chi connectivity index (χ3v) is 4.08. The van der Waals surface area contributed by atoms with E-state index in [2.05, 4.69) is 0 Å². The molecular weight excluding hydrogens is 321 g/mol. The molecule has 0 aromatic heterocycles. The summed E-state index contributed by atoms with van der Waals surface area (Å²) in [5.41, 5.74) is -0.507. The molecule has 1 aromatic rings. The van der Waals surface area contributed by atoms with E-state index in [1.807, 2.05) is 13.8 Å². The van der Waals surface area contributed by atoms with Crippen molar-refractivity contribution in [1.29, 1.82) is 0 Å². The van der Waals surface area contributed by atoms with E-state index in [4.69, 9.17) is 21.5 Å². The molecule has 0 bridgehead atoms. The Bertz CT molecular complexity index is 631. The molecule has 0 saturated carbocycles. The van der Waals surface area contributed by atoms with Gasteiger partial charge < -0.3 is 4.74 Å². The summed E-state index contributed by atoms with van der Waals surface area (Å²) in [4.78, 5) is 11.2. The number of carbonyl (C=O) groups excluding carboxylic acids is 1. The molecule has 0 amide bonds. The summed E-state index contributed by atoms with van der Waals surface area (Å²) in [5.74, 6) is -1.44. The minimum atomic E-state index is -4.15. The van der Waals surface area contributed by atoms with E-state index in [0.717, 1.165) is 18.6 Å². The predicted molar refractivity (Wildman–Crippen MR) is 77.1 cm³/mol. The van der Waals surface area contributed by atoms with Gasteiger partial charge in [0.2, 0.25) is 10.0 Å². The molecule has 1 rings (SSSR count). The lowest BCUT2D eigenvalue weighted by molar-refractivity contribution is 0.0489. The van der Waals surface area contributed by atoms with Gasteiger partial charge in [-0.3, -0.25) is 0 Å². The van der Waals surface area contributed by atoms with Gasteiger partial charge in [-0.25, -0.2) is 22.7 Å². The van der Waals surface area contributed by atoms with E-state index in [1.165, 1.54) is 0 Å². The number of hydrogen-bond acceptors (Lipinski definition) is 4. The summed E-state index contributed by atoms with van der Waals surface area (Å²) in [6.07, 6.45) is 1.50. The lowest BCUT2D eigenvalue weighted by Gasteiger charge is -2.09. The topological polar surface area (TPSA) is 86.5 Å². The van der Waals surface area contributed by atoms with E-state index in [-0.39, 0.29) is 11.6 Å². The molecule has 0 aliphatic heterocycles. The van der Waals surface area contributed by atoms with E-state index in [0.29, 0.717) is 12.3 Å². The fourth-order valence-electron chi connectivity index (χ4n) is 1.64. The van der Waals surface area contributed by atoms with Crippen LogP contribution in [0.3, 0.4) is 0 Å². The zero-order valence-electron chi connectivity index (χ0n) is 11.7. The minimum absolute atomic E-state index is 0.129. The Balaban J connectivity index is 2.90. The normalized spacial score (nSPS) is 11.7. The molecular formula is C13H17ClFNO4S. The van der Waals surface area contributed by atoms with E-state index in [1.54, 1.807) is 0 Å². The highest BCUT2D eigenvalue weighted by atomic mass is 35.5. The molecule has 1 aromatic carbocycles. The lowest BCUT2D eigenvalue weighted by atomic mass is 10.1. The third kappa shape index (κ3) is 5.26. The highest BCUT2D eigenvalue weighted by Gasteiger charge is 2.21. The van der Waals surface area contributed by atoms with Crippen molar-refractivity contribution < 1.29 is 22.3 Å². The molecule has 0 fully saturated rings. The Morgan fingerprint density at radius 2 is 2.05 bits per heavy atom. The van der Waals surface area contributed by atoms with Crippen LogP contribution in [0.15, 0.2) is 17.0 Å². The summed E-state index contributed by atoms with van der Waals surface area (Å²) in [7, 11) is -4.15. The average Bonchev–Trinajstić information content (AvgIpc) is 2.32. The van der Waals surface area contributed by atoms with Gasteiger partial charge in [0.05, 0.1) is 17.2 Å². The number of halogens is 2. The molecule has 118 valence electrons. The van der Waals surface area contributed by atoms with E-state index < -0.39 is 32.3 Å². The molecule has 2 N–H and O–H groups in total. The van der Waals surface area contributed by atoms with Gasteiger partial charge in [0.15, 0.2) is 0 Å². The van der Waals surface area contributed by atoms with Crippen LogP contribution < -0.4 is 5.14 Å². The predicted octanol–water partition coefficient (Wildman–Crippen LogP) is 2.72. The first-order chi connectivity index (χ1) is 9.62. The van der Waals surface area contributed by atoms with Crippen LogP contribution in [0.25, 0.3) is 0 Å². The second kappa shape index (κ2) is 7.20. The van der Waals surface area contributed by atoms with Gasteiger partial charge in [-0.05, 0) is 30.9 Å². The van der Waals surface area contributed by atoms with E-state index in [9.17, 15) is 17.6 Å². The van der Waals surface area contributed by atoms with Crippen LogP contribution in [0.4, 0.5) is 4.39 Å². The van der Waals surface area contributed by atoms with E-state index >= 15 is 0 Å². The van der Waals surface area contributed by atoms with Crippen LogP contribution >= 0.6 is 11.6 Å². The molecule has 0 heterocycles. The number of carbonyl (C=O) groups is 1. The van der Waals surface area contributed by atoms with Gasteiger partial charge in [0.1, 0.15) is 10.7 Å². The van der Waals surface area contributed by atoms with Gasteiger partial charge in [-0.1, -0.05) is 25.4 Å². The monoisotopic (exact) mass is 337 g/mol. The maximum atomic E-state index is 13.7. The largest absolute Gasteiger partial charge is 0.462 e. The quantitative estimate of drug-likeness (QED) is 0.638. The van der Waals surface area contributed by atoms with Gasteiger partial charge in [-0.2, -0.15) is 0 Å². The molecule has 0 saturated heterocycles. The lowest BCUT2D eigenvalue weighted by Crippen LogP contribution is -2.16. The Hall–Kier alpha value is -1.18. The Labute approximate surface area is 128 Å². The molecule has 0 aliphatic rings. The zero-order chi connectivity index (χ0) is 16.2. The van der Waals surface area contributed by atoms with Crippen molar-refractivity contribution in [2.24, 2.45) is 11.1 Å². The van der Waals surface area contributed by atoms with Crippen LogP contribution in [-0.4, -0.2) is 21.0 Å². The van der Waals surface area contributed by atoms with Crippen LogP contribution in [0, 0.1) is 11.7 Å². The number of primary sulfonamides is 1. The molecule has 21 heavy (non-hydrogen) atoms. The van der Waals surface area contributed by atoms with Crippen molar-refractivity contribution in [3.05, 3.63) is 28.5 Å². The van der Waals surface area contributed by atoms with Crippen LogP contribution in [0.2, 0.25) is 5.02 Å². The van der Waals surface area contributed by atoms with Crippen LogP contribution in [-0.2, 0) is 14.8 Å². The highest BCUT2D eigenvalue weighted by Crippen LogP contribution is 2.24. The Morgan fingerprint density at radius 1 is 1.43 bits per heavy atom. The van der Waals surface area contributed by atoms with Gasteiger partial charge in [0.25, 0.3) is 0 Å². The first-order valence-corrected chi connectivity index (χ1v) is 8.24. The Morgan fingerprint density at radius 3 is 2.57 bits per heavy atom. The first-order valence-electron chi connectivity index (χ1n) is 6.32. The van der Waals surface area contributed by atoms with Crippen molar-refractivity contribution in [2.45, 2.75) is 31.6 Å². The van der Waals surface area contributed by atoms with Crippen molar-refractivity contribution in [3.8, 4) is 0 Å². The molecule has 8 heteroatoms. The molecule has 0 atom stereocenters. The molecule has 0 unspecified atom stereocenters. The third-order valence-electron chi connectivity index (χ3n) is 2.71. The molecule has 5 nitrogen and oxygen atoms in total. The number of sulfonamides is 1. The minimum Gasteiger partial charge on any atom is -0.462 e. The van der Waals surface area contributed by atoms with Gasteiger partial charge in [-0.15, -0.1) is 0 Å². The van der Waals surface area contributed by atoms with Crippen molar-refractivity contribution in [3.63, 3.8) is 0 Å². The van der Waals surface area contributed by atoms with Gasteiger partial charge in [0, 0.05) is 0 Å². The summed E-state index contributed by atoms with van der Waals surface area (Å²) >= 11 is 5.60. The maximum absolute atomic E-state index is 13.7. The standard InChI is InChI=1S/C13H17ClFNO4S/c1-8(2)4-3-5-20-13(17)9-6-12(21(16,18)19)10(14)7-11(9)15/h6-8H,3-5H2,1-2H3,(H2,16,18,19). The molecule has 0 aliphatic carbocycles. The number of benzene rings is 1. The molecule has 0 radical (unpaired) electrons. The van der Waals surface area contributed by atoms with Crippen molar-refractivity contribution in [1.82, 2.24) is 0 Å². The Kier molecular flexibility index (Phi) is 6.12. The van der Waals surface area contributed by atoms with Crippen molar-refractivity contribution >= 4 is 27.6 Å². The summed E-state index contributed by atoms with van der Waals surface area (Å²) in [6, 6.07) is 1.52. The number of nitrogens with two attached hydrogens (primary N) is 1. The molecule has 0 spiro atoms. The zero-order valence-corrected chi connectivity index (χ0v) is 13.3.